The molecule has 1 aliphatic heterocycles. The molecule has 5 heteroatoms. The molecule has 0 N–H and O–H groups in total. The Balaban J connectivity index is 2.49. The molecular weight excluding hydrogens is 214 g/mol. The summed E-state index contributed by atoms with van der Waals surface area (Å²) in [7, 11) is -0.767. The SMILES string of the molecule is CC(C)(C)OC(=O)N1CCC[S@@](=O)CC1. The van der Waals surface area contributed by atoms with Crippen LogP contribution in [0.2, 0.25) is 0 Å². The number of ether oxygens (including phenoxy) is 1. The van der Waals surface area contributed by atoms with Crippen molar-refractivity contribution in [3.05, 3.63) is 0 Å². The van der Waals surface area contributed by atoms with E-state index in [4.69, 9.17) is 4.74 Å². The molecule has 0 saturated carbocycles. The van der Waals surface area contributed by atoms with Crippen molar-refractivity contribution in [2.45, 2.75) is 32.8 Å². The van der Waals surface area contributed by atoms with E-state index in [1.165, 1.54) is 0 Å². The van der Waals surface area contributed by atoms with E-state index in [1.54, 1.807) is 4.90 Å². The monoisotopic (exact) mass is 233 g/mol. The molecule has 0 spiro atoms. The second kappa shape index (κ2) is 4.96. The van der Waals surface area contributed by atoms with Crippen LogP contribution >= 0.6 is 0 Å². The van der Waals surface area contributed by atoms with Crippen LogP contribution in [0.1, 0.15) is 27.2 Å². The van der Waals surface area contributed by atoms with Crippen molar-refractivity contribution in [2.75, 3.05) is 24.6 Å². The Morgan fingerprint density at radius 3 is 2.53 bits per heavy atom. The van der Waals surface area contributed by atoms with Crippen LogP contribution < -0.4 is 0 Å². The molecule has 1 saturated heterocycles. The van der Waals surface area contributed by atoms with Gasteiger partial charge in [0.2, 0.25) is 0 Å². The molecule has 1 rings (SSSR count). The average Bonchev–Trinajstić information content (AvgIpc) is 2.26. The van der Waals surface area contributed by atoms with Crippen LogP contribution in [-0.4, -0.2) is 45.4 Å². The van der Waals surface area contributed by atoms with E-state index in [1.807, 2.05) is 20.8 Å². The van der Waals surface area contributed by atoms with Gasteiger partial charge in [-0.3, -0.25) is 4.21 Å². The van der Waals surface area contributed by atoms with E-state index in [9.17, 15) is 9.00 Å². The number of rotatable bonds is 0. The van der Waals surface area contributed by atoms with Crippen molar-refractivity contribution in [3.8, 4) is 0 Å². The van der Waals surface area contributed by atoms with Crippen molar-refractivity contribution >= 4 is 16.9 Å². The molecule has 15 heavy (non-hydrogen) atoms. The Morgan fingerprint density at radius 1 is 1.27 bits per heavy atom. The van der Waals surface area contributed by atoms with E-state index < -0.39 is 16.4 Å². The van der Waals surface area contributed by atoms with E-state index in [2.05, 4.69) is 0 Å². The number of carbonyl (C=O) groups is 1. The van der Waals surface area contributed by atoms with Gasteiger partial charge in [0.15, 0.2) is 0 Å². The van der Waals surface area contributed by atoms with Crippen molar-refractivity contribution in [1.82, 2.24) is 4.90 Å². The Morgan fingerprint density at radius 2 is 1.93 bits per heavy atom. The van der Waals surface area contributed by atoms with Gasteiger partial charge in [-0.1, -0.05) is 0 Å². The summed E-state index contributed by atoms with van der Waals surface area (Å²) in [4.78, 5) is 13.3. The molecule has 0 aliphatic carbocycles. The third kappa shape index (κ3) is 4.64. The van der Waals surface area contributed by atoms with Gasteiger partial charge in [0, 0.05) is 35.4 Å². The van der Waals surface area contributed by atoms with Crippen molar-refractivity contribution in [2.24, 2.45) is 0 Å². The first-order valence-electron chi connectivity index (χ1n) is 5.21. The number of hydrogen-bond acceptors (Lipinski definition) is 3. The predicted octanol–water partition coefficient (Wildman–Crippen LogP) is 1.38. The van der Waals surface area contributed by atoms with Crippen LogP contribution in [-0.2, 0) is 15.5 Å². The topological polar surface area (TPSA) is 46.6 Å². The maximum Gasteiger partial charge on any atom is 0.410 e. The van der Waals surface area contributed by atoms with Crippen LogP contribution in [0.5, 0.6) is 0 Å². The highest BCUT2D eigenvalue weighted by Gasteiger charge is 2.23. The van der Waals surface area contributed by atoms with Crippen LogP contribution in [0.3, 0.4) is 0 Å². The maximum absolute atomic E-state index is 11.7. The molecule has 0 radical (unpaired) electrons. The minimum absolute atomic E-state index is 0.290. The summed E-state index contributed by atoms with van der Waals surface area (Å²) in [5.74, 6) is 1.26. The zero-order valence-corrected chi connectivity index (χ0v) is 10.4. The number of carbonyl (C=O) groups excluding carboxylic acids is 1. The summed E-state index contributed by atoms with van der Waals surface area (Å²) in [5.41, 5.74) is -0.456. The van der Waals surface area contributed by atoms with Crippen LogP contribution in [0.4, 0.5) is 4.79 Å². The van der Waals surface area contributed by atoms with Crippen molar-refractivity contribution in [3.63, 3.8) is 0 Å². The molecule has 1 fully saturated rings. The normalized spacial score (nSPS) is 23.4. The minimum Gasteiger partial charge on any atom is -0.444 e. The summed E-state index contributed by atoms with van der Waals surface area (Å²) in [6, 6.07) is 0. The first kappa shape index (κ1) is 12.5. The highest BCUT2D eigenvalue weighted by Crippen LogP contribution is 2.11. The number of hydrogen-bond donors (Lipinski definition) is 0. The zero-order chi connectivity index (χ0) is 11.5. The first-order chi connectivity index (χ1) is 6.88. The standard InChI is InChI=1S/C10H19NO3S/c1-10(2,3)14-9(12)11-5-4-7-15(13)8-6-11/h4-8H2,1-3H3/t15-/m1/s1. The molecule has 88 valence electrons. The molecule has 1 atom stereocenters. The van der Waals surface area contributed by atoms with Gasteiger partial charge in [-0.05, 0) is 27.2 Å². The third-order valence-electron chi connectivity index (χ3n) is 2.04. The van der Waals surface area contributed by atoms with Gasteiger partial charge >= 0.3 is 6.09 Å². The van der Waals surface area contributed by atoms with Crippen LogP contribution in [0, 0.1) is 0 Å². The van der Waals surface area contributed by atoms with Gasteiger partial charge in [0.05, 0.1) is 0 Å². The van der Waals surface area contributed by atoms with E-state index in [0.29, 0.717) is 24.6 Å². The van der Waals surface area contributed by atoms with E-state index in [-0.39, 0.29) is 6.09 Å². The van der Waals surface area contributed by atoms with Crippen molar-refractivity contribution < 1.29 is 13.7 Å². The zero-order valence-electron chi connectivity index (χ0n) is 9.62. The molecule has 1 heterocycles. The third-order valence-corrected chi connectivity index (χ3v) is 3.42. The lowest BCUT2D eigenvalue weighted by Gasteiger charge is -2.26. The Hall–Kier alpha value is -0.580. The lowest BCUT2D eigenvalue weighted by atomic mass is 10.2. The van der Waals surface area contributed by atoms with Gasteiger partial charge < -0.3 is 9.64 Å². The maximum atomic E-state index is 11.7. The molecule has 0 bridgehead atoms. The van der Waals surface area contributed by atoms with Gasteiger partial charge in [0.1, 0.15) is 5.60 Å². The summed E-state index contributed by atoms with van der Waals surface area (Å²) in [6.45, 7) is 6.74. The molecule has 0 unspecified atom stereocenters. The van der Waals surface area contributed by atoms with Gasteiger partial charge in [-0.2, -0.15) is 0 Å². The van der Waals surface area contributed by atoms with Crippen LogP contribution in [0.25, 0.3) is 0 Å². The fraction of sp³-hybridized carbons (Fsp3) is 0.900. The molecule has 0 aromatic carbocycles. The second-order valence-electron chi connectivity index (χ2n) is 4.67. The predicted molar refractivity (Wildman–Crippen MR) is 60.3 cm³/mol. The lowest BCUT2D eigenvalue weighted by molar-refractivity contribution is 0.0265. The molecule has 4 nitrogen and oxygen atoms in total. The van der Waals surface area contributed by atoms with E-state index >= 15 is 0 Å². The van der Waals surface area contributed by atoms with Crippen molar-refractivity contribution in [1.29, 1.82) is 0 Å². The minimum atomic E-state index is -0.767. The molecule has 1 amide bonds. The number of nitrogens with zero attached hydrogens (tertiary/aromatic N) is 1. The molecule has 1 aliphatic rings. The summed E-state index contributed by atoms with van der Waals surface area (Å²) >= 11 is 0. The first-order valence-corrected chi connectivity index (χ1v) is 6.70. The largest absolute Gasteiger partial charge is 0.444 e. The van der Waals surface area contributed by atoms with Gasteiger partial charge in [-0.25, -0.2) is 4.79 Å². The van der Waals surface area contributed by atoms with E-state index in [0.717, 1.165) is 6.42 Å². The molecule has 0 aromatic heterocycles. The molecular formula is C10H19NO3S. The smallest absolute Gasteiger partial charge is 0.410 e. The highest BCUT2D eigenvalue weighted by atomic mass is 32.2. The fourth-order valence-corrected chi connectivity index (χ4v) is 2.43. The van der Waals surface area contributed by atoms with Gasteiger partial charge in [0.25, 0.3) is 0 Å². The quantitative estimate of drug-likeness (QED) is 0.635. The van der Waals surface area contributed by atoms with Gasteiger partial charge in [-0.15, -0.1) is 0 Å². The summed E-state index contributed by atoms with van der Waals surface area (Å²) < 4.78 is 16.5. The summed E-state index contributed by atoms with van der Waals surface area (Å²) in [6.07, 6.45) is 0.507. The molecule has 0 aromatic rings. The second-order valence-corrected chi connectivity index (χ2v) is 6.37. The summed E-state index contributed by atoms with van der Waals surface area (Å²) in [5, 5.41) is 0. The average molecular weight is 233 g/mol. The Kier molecular flexibility index (Phi) is 4.13. The number of amides is 1. The Labute approximate surface area is 93.4 Å². The Bertz CT molecular complexity index is 260. The van der Waals surface area contributed by atoms with Crippen LogP contribution in [0.15, 0.2) is 0 Å². The highest BCUT2D eigenvalue weighted by molar-refractivity contribution is 7.85. The fourth-order valence-electron chi connectivity index (χ4n) is 1.35. The lowest BCUT2D eigenvalue weighted by Crippen LogP contribution is -2.38.